The van der Waals surface area contributed by atoms with Crippen LogP contribution in [0, 0.1) is 5.92 Å². The summed E-state index contributed by atoms with van der Waals surface area (Å²) < 4.78 is 4.81. The van der Waals surface area contributed by atoms with Gasteiger partial charge >= 0.3 is 5.97 Å². The number of ether oxygens (including phenoxy) is 1. The lowest BCUT2D eigenvalue weighted by Crippen LogP contribution is -2.52. The number of methoxy groups -OCH3 is 1. The zero-order chi connectivity index (χ0) is 13.8. The Balaban J connectivity index is 1.77. The molecule has 1 saturated heterocycles. The topological polar surface area (TPSA) is 49.9 Å². The van der Waals surface area contributed by atoms with Crippen LogP contribution in [0.25, 0.3) is 0 Å². The first-order chi connectivity index (χ1) is 9.11. The highest BCUT2D eigenvalue weighted by molar-refractivity contribution is 5.73. The predicted octanol–water partition coefficient (Wildman–Crippen LogP) is 0.882. The van der Waals surface area contributed by atoms with Crippen LogP contribution in [0.3, 0.4) is 0 Å². The Morgan fingerprint density at radius 1 is 1.00 bits per heavy atom. The molecule has 0 bridgehead atoms. The lowest BCUT2D eigenvalue weighted by atomic mass is 9.85. The number of piperazine rings is 1. The number of rotatable bonds is 2. The van der Waals surface area contributed by atoms with Crippen LogP contribution in [0.1, 0.15) is 32.6 Å². The zero-order valence-corrected chi connectivity index (χ0v) is 11.9. The van der Waals surface area contributed by atoms with Crippen LogP contribution in [0.4, 0.5) is 0 Å². The third kappa shape index (κ3) is 3.47. The summed E-state index contributed by atoms with van der Waals surface area (Å²) in [7, 11) is 1.47. The standard InChI is InChI=1S/C14H24N2O3/c1-11(17)15-7-9-16(10-8-15)13-5-3-12(4-6-13)14(18)19-2/h12-13H,3-10H2,1-2H3. The highest BCUT2D eigenvalue weighted by Gasteiger charge is 2.31. The van der Waals surface area contributed by atoms with Gasteiger partial charge in [0.1, 0.15) is 0 Å². The van der Waals surface area contributed by atoms with Crippen molar-refractivity contribution in [2.75, 3.05) is 33.3 Å². The molecule has 108 valence electrons. The number of nitrogens with zero attached hydrogens (tertiary/aromatic N) is 2. The van der Waals surface area contributed by atoms with Gasteiger partial charge < -0.3 is 9.64 Å². The maximum absolute atomic E-state index is 11.5. The van der Waals surface area contributed by atoms with Crippen LogP contribution in [-0.2, 0) is 14.3 Å². The van der Waals surface area contributed by atoms with E-state index < -0.39 is 0 Å². The summed E-state index contributed by atoms with van der Waals surface area (Å²) in [6.07, 6.45) is 4.01. The summed E-state index contributed by atoms with van der Waals surface area (Å²) in [5, 5.41) is 0. The van der Waals surface area contributed by atoms with E-state index in [1.807, 2.05) is 4.90 Å². The minimum absolute atomic E-state index is 0.0557. The summed E-state index contributed by atoms with van der Waals surface area (Å²) in [5.41, 5.74) is 0. The van der Waals surface area contributed by atoms with E-state index in [4.69, 9.17) is 4.74 Å². The molecule has 1 amide bonds. The number of carbonyl (C=O) groups excluding carboxylic acids is 2. The Labute approximate surface area is 114 Å². The van der Waals surface area contributed by atoms with Gasteiger partial charge in [-0.1, -0.05) is 0 Å². The lowest BCUT2D eigenvalue weighted by molar-refractivity contribution is -0.147. The number of carbonyl (C=O) groups is 2. The third-order valence-corrected chi connectivity index (χ3v) is 4.51. The first-order valence-electron chi connectivity index (χ1n) is 7.19. The van der Waals surface area contributed by atoms with Crippen molar-refractivity contribution in [3.8, 4) is 0 Å². The lowest BCUT2D eigenvalue weighted by Gasteiger charge is -2.41. The van der Waals surface area contributed by atoms with E-state index in [9.17, 15) is 9.59 Å². The van der Waals surface area contributed by atoms with E-state index in [0.717, 1.165) is 51.9 Å². The maximum atomic E-state index is 11.5. The van der Waals surface area contributed by atoms with Crippen molar-refractivity contribution in [3.05, 3.63) is 0 Å². The van der Waals surface area contributed by atoms with Crippen LogP contribution in [0.5, 0.6) is 0 Å². The second-order valence-electron chi connectivity index (χ2n) is 5.57. The van der Waals surface area contributed by atoms with Gasteiger partial charge in [0, 0.05) is 39.1 Å². The number of hydrogen-bond donors (Lipinski definition) is 0. The van der Waals surface area contributed by atoms with Crippen molar-refractivity contribution < 1.29 is 14.3 Å². The Kier molecular flexibility index (Phi) is 4.80. The van der Waals surface area contributed by atoms with Crippen LogP contribution < -0.4 is 0 Å². The minimum Gasteiger partial charge on any atom is -0.469 e. The molecule has 1 saturated carbocycles. The van der Waals surface area contributed by atoms with Gasteiger partial charge in [0.05, 0.1) is 13.0 Å². The molecule has 0 N–H and O–H groups in total. The molecule has 5 heteroatoms. The van der Waals surface area contributed by atoms with Crippen LogP contribution in [-0.4, -0.2) is 61.0 Å². The van der Waals surface area contributed by atoms with Crippen molar-refractivity contribution in [2.24, 2.45) is 5.92 Å². The van der Waals surface area contributed by atoms with Crippen molar-refractivity contribution >= 4 is 11.9 Å². The summed E-state index contributed by atoms with van der Waals surface area (Å²) in [4.78, 5) is 27.2. The van der Waals surface area contributed by atoms with Gasteiger partial charge in [-0.15, -0.1) is 0 Å². The molecular formula is C14H24N2O3. The molecule has 0 aromatic heterocycles. The third-order valence-electron chi connectivity index (χ3n) is 4.51. The first-order valence-corrected chi connectivity index (χ1v) is 7.19. The molecule has 0 spiro atoms. The zero-order valence-electron chi connectivity index (χ0n) is 11.9. The molecular weight excluding hydrogens is 244 g/mol. The minimum atomic E-state index is -0.0557. The normalized spacial score (nSPS) is 29.1. The predicted molar refractivity (Wildman–Crippen MR) is 71.6 cm³/mol. The van der Waals surface area contributed by atoms with Crippen LogP contribution >= 0.6 is 0 Å². The van der Waals surface area contributed by atoms with Gasteiger partial charge in [-0.3, -0.25) is 14.5 Å². The van der Waals surface area contributed by atoms with Crippen LogP contribution in [0.15, 0.2) is 0 Å². The molecule has 0 radical (unpaired) electrons. The Morgan fingerprint density at radius 2 is 1.58 bits per heavy atom. The van der Waals surface area contributed by atoms with E-state index in [-0.39, 0.29) is 17.8 Å². The number of amides is 1. The van der Waals surface area contributed by atoms with Gasteiger partial charge in [0.25, 0.3) is 0 Å². The smallest absolute Gasteiger partial charge is 0.308 e. The van der Waals surface area contributed by atoms with E-state index in [0.29, 0.717) is 6.04 Å². The average Bonchev–Trinajstić information content (AvgIpc) is 2.46. The Morgan fingerprint density at radius 3 is 2.05 bits per heavy atom. The highest BCUT2D eigenvalue weighted by atomic mass is 16.5. The molecule has 5 nitrogen and oxygen atoms in total. The molecule has 1 aliphatic carbocycles. The second-order valence-corrected chi connectivity index (χ2v) is 5.57. The van der Waals surface area contributed by atoms with Gasteiger partial charge in [0.15, 0.2) is 0 Å². The van der Waals surface area contributed by atoms with Crippen molar-refractivity contribution in [1.29, 1.82) is 0 Å². The molecule has 2 aliphatic rings. The molecule has 0 aromatic rings. The molecule has 0 aromatic carbocycles. The molecule has 2 fully saturated rings. The Hall–Kier alpha value is -1.10. The molecule has 0 atom stereocenters. The average molecular weight is 268 g/mol. The molecule has 19 heavy (non-hydrogen) atoms. The van der Waals surface area contributed by atoms with Crippen molar-refractivity contribution in [3.63, 3.8) is 0 Å². The maximum Gasteiger partial charge on any atom is 0.308 e. The van der Waals surface area contributed by atoms with Crippen molar-refractivity contribution in [2.45, 2.75) is 38.6 Å². The number of esters is 1. The number of hydrogen-bond acceptors (Lipinski definition) is 4. The summed E-state index contributed by atoms with van der Waals surface area (Å²) in [5.74, 6) is 0.216. The first kappa shape index (κ1) is 14.3. The van der Waals surface area contributed by atoms with E-state index in [1.54, 1.807) is 6.92 Å². The van der Waals surface area contributed by atoms with E-state index >= 15 is 0 Å². The monoisotopic (exact) mass is 268 g/mol. The van der Waals surface area contributed by atoms with E-state index in [2.05, 4.69) is 4.90 Å². The summed E-state index contributed by atoms with van der Waals surface area (Å²) >= 11 is 0. The molecule has 0 unspecified atom stereocenters. The fraction of sp³-hybridized carbons (Fsp3) is 0.857. The molecule has 1 aliphatic heterocycles. The largest absolute Gasteiger partial charge is 0.469 e. The highest BCUT2D eigenvalue weighted by Crippen LogP contribution is 2.28. The fourth-order valence-electron chi connectivity index (χ4n) is 3.25. The summed E-state index contributed by atoms with van der Waals surface area (Å²) in [6, 6.07) is 0.579. The quantitative estimate of drug-likeness (QED) is 0.698. The molecule has 2 rings (SSSR count). The summed E-state index contributed by atoms with van der Waals surface area (Å²) in [6.45, 7) is 5.25. The second kappa shape index (κ2) is 6.37. The van der Waals surface area contributed by atoms with Crippen molar-refractivity contribution in [1.82, 2.24) is 9.80 Å². The Bertz CT molecular complexity index is 330. The van der Waals surface area contributed by atoms with Gasteiger partial charge in [-0.05, 0) is 25.7 Å². The van der Waals surface area contributed by atoms with Crippen LogP contribution in [0.2, 0.25) is 0 Å². The fourth-order valence-corrected chi connectivity index (χ4v) is 3.25. The van der Waals surface area contributed by atoms with Gasteiger partial charge in [-0.25, -0.2) is 0 Å². The SMILES string of the molecule is COC(=O)C1CCC(N2CCN(C(C)=O)CC2)CC1. The van der Waals surface area contributed by atoms with Gasteiger partial charge in [0.2, 0.25) is 5.91 Å². The van der Waals surface area contributed by atoms with Gasteiger partial charge in [-0.2, -0.15) is 0 Å². The molecule has 1 heterocycles. The van der Waals surface area contributed by atoms with E-state index in [1.165, 1.54) is 7.11 Å².